The fraction of sp³-hybridized carbons (Fsp3) is 0.176. The van der Waals surface area contributed by atoms with E-state index in [0.29, 0.717) is 10.7 Å². The summed E-state index contributed by atoms with van der Waals surface area (Å²) in [6.07, 6.45) is 0. The number of rotatable bonds is 6. The van der Waals surface area contributed by atoms with Gasteiger partial charge < -0.3 is 10.1 Å². The summed E-state index contributed by atoms with van der Waals surface area (Å²) >= 11 is 7.17. The van der Waals surface area contributed by atoms with Crippen molar-refractivity contribution >= 4 is 40.9 Å². The first-order valence-electron chi connectivity index (χ1n) is 6.98. The van der Waals surface area contributed by atoms with Crippen molar-refractivity contribution in [1.29, 1.82) is 0 Å². The highest BCUT2D eigenvalue weighted by molar-refractivity contribution is 8.00. The molecule has 0 aliphatic rings. The van der Waals surface area contributed by atoms with E-state index in [4.69, 9.17) is 16.3 Å². The Morgan fingerprint density at radius 2 is 1.78 bits per heavy atom. The van der Waals surface area contributed by atoms with Crippen molar-refractivity contribution in [3.63, 3.8) is 0 Å². The van der Waals surface area contributed by atoms with Crippen molar-refractivity contribution in [3.05, 3.63) is 59.6 Å². The molecule has 0 aromatic heterocycles. The topological polar surface area (TPSA) is 55.4 Å². The lowest BCUT2D eigenvalue weighted by Gasteiger charge is -2.11. The molecule has 0 saturated heterocycles. The Bertz CT molecular complexity index is 661. The van der Waals surface area contributed by atoms with Crippen LogP contribution in [0.25, 0.3) is 0 Å². The minimum absolute atomic E-state index is 0.306. The summed E-state index contributed by atoms with van der Waals surface area (Å²) < 4.78 is 5.04. The Morgan fingerprint density at radius 1 is 1.13 bits per heavy atom. The minimum Gasteiger partial charge on any atom is -0.455 e. The molecule has 1 N–H and O–H groups in total. The van der Waals surface area contributed by atoms with Crippen LogP contribution in [0.15, 0.2) is 59.5 Å². The van der Waals surface area contributed by atoms with Crippen molar-refractivity contribution in [3.8, 4) is 0 Å². The van der Waals surface area contributed by atoms with Gasteiger partial charge in [0.1, 0.15) is 5.25 Å². The van der Waals surface area contributed by atoms with Gasteiger partial charge in [-0.3, -0.25) is 9.59 Å². The summed E-state index contributed by atoms with van der Waals surface area (Å²) in [6.45, 7) is 1.43. The van der Waals surface area contributed by atoms with Crippen LogP contribution in [0.1, 0.15) is 6.92 Å². The van der Waals surface area contributed by atoms with Gasteiger partial charge in [0.2, 0.25) is 0 Å². The molecule has 0 heterocycles. The number of thioether (sulfide) groups is 1. The van der Waals surface area contributed by atoms with Gasteiger partial charge in [-0.2, -0.15) is 0 Å². The molecule has 2 aromatic rings. The van der Waals surface area contributed by atoms with E-state index in [1.165, 1.54) is 11.8 Å². The summed E-state index contributed by atoms with van der Waals surface area (Å²) in [5.41, 5.74) is 0.664. The predicted molar refractivity (Wildman–Crippen MR) is 92.8 cm³/mol. The number of halogens is 1. The third-order valence-electron chi connectivity index (χ3n) is 2.86. The zero-order valence-corrected chi connectivity index (χ0v) is 14.1. The van der Waals surface area contributed by atoms with E-state index < -0.39 is 11.2 Å². The molecule has 0 spiro atoms. The minimum atomic E-state index is -0.437. The fourth-order valence-corrected chi connectivity index (χ4v) is 2.73. The third-order valence-corrected chi connectivity index (χ3v) is 4.20. The first-order chi connectivity index (χ1) is 11.0. The smallest absolute Gasteiger partial charge is 0.319 e. The second-order valence-corrected chi connectivity index (χ2v) is 6.59. The Labute approximate surface area is 144 Å². The van der Waals surface area contributed by atoms with E-state index in [1.807, 2.05) is 30.3 Å². The van der Waals surface area contributed by atoms with Crippen molar-refractivity contribution < 1.29 is 14.3 Å². The van der Waals surface area contributed by atoms with Crippen molar-refractivity contribution in [2.75, 3.05) is 11.9 Å². The molecule has 2 rings (SSSR count). The summed E-state index contributed by atoms with van der Waals surface area (Å²) in [6, 6.07) is 16.2. The van der Waals surface area contributed by atoms with Crippen LogP contribution in [0, 0.1) is 0 Å². The fourth-order valence-electron chi connectivity index (χ4n) is 1.74. The number of benzene rings is 2. The number of nitrogens with one attached hydrogen (secondary N) is 1. The van der Waals surface area contributed by atoms with Crippen LogP contribution in [0.3, 0.4) is 0 Å². The SMILES string of the molecule is C[C@H](Sc1ccc(Cl)cc1)C(=O)OCC(=O)Nc1ccccc1. The van der Waals surface area contributed by atoms with E-state index in [1.54, 1.807) is 31.2 Å². The van der Waals surface area contributed by atoms with Gasteiger partial charge in [0.05, 0.1) is 0 Å². The van der Waals surface area contributed by atoms with Gasteiger partial charge in [-0.15, -0.1) is 11.8 Å². The van der Waals surface area contributed by atoms with Gasteiger partial charge in [-0.25, -0.2) is 0 Å². The molecule has 0 aliphatic heterocycles. The lowest BCUT2D eigenvalue weighted by molar-refractivity contribution is -0.146. The molecule has 1 atom stereocenters. The van der Waals surface area contributed by atoms with E-state index in [2.05, 4.69) is 5.32 Å². The van der Waals surface area contributed by atoms with Crippen molar-refractivity contribution in [2.24, 2.45) is 0 Å². The average molecular weight is 350 g/mol. The lowest BCUT2D eigenvalue weighted by atomic mass is 10.3. The normalized spacial score (nSPS) is 11.6. The van der Waals surface area contributed by atoms with Crippen LogP contribution < -0.4 is 5.32 Å². The Morgan fingerprint density at radius 3 is 2.43 bits per heavy atom. The number of hydrogen-bond acceptors (Lipinski definition) is 4. The summed E-state index contributed by atoms with van der Waals surface area (Å²) in [7, 11) is 0. The molecule has 23 heavy (non-hydrogen) atoms. The Kier molecular flexibility index (Phi) is 6.50. The molecule has 0 aliphatic carbocycles. The molecule has 1 amide bonds. The largest absolute Gasteiger partial charge is 0.455 e. The summed E-state index contributed by atoms with van der Waals surface area (Å²) in [5, 5.41) is 2.88. The van der Waals surface area contributed by atoms with Crippen molar-refractivity contribution in [1.82, 2.24) is 0 Å². The van der Waals surface area contributed by atoms with Crippen molar-refractivity contribution in [2.45, 2.75) is 17.1 Å². The van der Waals surface area contributed by atoms with Gasteiger partial charge in [0.25, 0.3) is 5.91 Å². The summed E-state index contributed by atoms with van der Waals surface area (Å²) in [4.78, 5) is 24.6. The number of ether oxygens (including phenoxy) is 1. The van der Waals surface area contributed by atoms with Crippen LogP contribution in [0.2, 0.25) is 5.02 Å². The number of carbonyl (C=O) groups excluding carboxylic acids is 2. The van der Waals surface area contributed by atoms with Crippen LogP contribution >= 0.6 is 23.4 Å². The van der Waals surface area contributed by atoms with Crippen LogP contribution in [-0.4, -0.2) is 23.7 Å². The molecule has 0 radical (unpaired) electrons. The molecular formula is C17H16ClNO3S. The second kappa shape index (κ2) is 8.60. The van der Waals surface area contributed by atoms with Crippen LogP contribution in [0.5, 0.6) is 0 Å². The average Bonchev–Trinajstić information content (AvgIpc) is 2.55. The first kappa shape index (κ1) is 17.4. The number of anilines is 1. The number of carbonyl (C=O) groups is 2. The summed E-state index contributed by atoms with van der Waals surface area (Å²) in [5.74, 6) is -0.804. The molecule has 0 saturated carbocycles. The molecular weight excluding hydrogens is 334 g/mol. The molecule has 0 fully saturated rings. The molecule has 2 aromatic carbocycles. The monoisotopic (exact) mass is 349 g/mol. The predicted octanol–water partition coefficient (Wildman–Crippen LogP) is 4.00. The first-order valence-corrected chi connectivity index (χ1v) is 8.24. The maximum atomic E-state index is 11.9. The third kappa shape index (κ3) is 5.96. The van der Waals surface area contributed by atoms with E-state index >= 15 is 0 Å². The Balaban J connectivity index is 1.77. The van der Waals surface area contributed by atoms with Crippen LogP contribution in [-0.2, 0) is 14.3 Å². The molecule has 0 unspecified atom stereocenters. The van der Waals surface area contributed by atoms with E-state index in [9.17, 15) is 9.59 Å². The van der Waals surface area contributed by atoms with E-state index in [-0.39, 0.29) is 12.5 Å². The van der Waals surface area contributed by atoms with Gasteiger partial charge >= 0.3 is 5.97 Å². The molecule has 6 heteroatoms. The number of hydrogen-bond donors (Lipinski definition) is 1. The number of para-hydroxylation sites is 1. The van der Waals surface area contributed by atoms with Gasteiger partial charge in [-0.05, 0) is 43.3 Å². The van der Waals surface area contributed by atoms with Gasteiger partial charge in [0, 0.05) is 15.6 Å². The number of amides is 1. The Hall–Kier alpha value is -1.98. The maximum Gasteiger partial charge on any atom is 0.319 e. The van der Waals surface area contributed by atoms with Crippen LogP contribution in [0.4, 0.5) is 5.69 Å². The molecule has 0 bridgehead atoms. The maximum absolute atomic E-state index is 11.9. The zero-order valence-electron chi connectivity index (χ0n) is 12.5. The highest BCUT2D eigenvalue weighted by Crippen LogP contribution is 2.25. The molecule has 120 valence electrons. The lowest BCUT2D eigenvalue weighted by Crippen LogP contribution is -2.24. The standard InChI is InChI=1S/C17H16ClNO3S/c1-12(23-15-9-7-13(18)8-10-15)17(21)22-11-16(20)19-14-5-3-2-4-6-14/h2-10,12H,11H2,1H3,(H,19,20)/t12-/m0/s1. The quantitative estimate of drug-likeness (QED) is 0.632. The van der Waals surface area contributed by atoms with Gasteiger partial charge in [0.15, 0.2) is 6.61 Å². The molecule has 4 nitrogen and oxygen atoms in total. The zero-order chi connectivity index (χ0) is 16.7. The number of esters is 1. The second-order valence-electron chi connectivity index (χ2n) is 4.74. The van der Waals surface area contributed by atoms with Gasteiger partial charge in [-0.1, -0.05) is 29.8 Å². The highest BCUT2D eigenvalue weighted by Gasteiger charge is 2.17. The highest BCUT2D eigenvalue weighted by atomic mass is 35.5. The van der Waals surface area contributed by atoms with E-state index in [0.717, 1.165) is 4.90 Å².